The first-order valence-electron chi connectivity index (χ1n) is 6.11. The zero-order valence-electron chi connectivity index (χ0n) is 10.9. The summed E-state index contributed by atoms with van der Waals surface area (Å²) in [6.45, 7) is 1.87. The zero-order chi connectivity index (χ0) is 15.0. The third-order valence-electron chi connectivity index (χ3n) is 2.98. The molecule has 3 aromatic rings. The van der Waals surface area contributed by atoms with E-state index in [0.29, 0.717) is 15.8 Å². The van der Waals surface area contributed by atoms with Gasteiger partial charge in [0.25, 0.3) is 5.91 Å². The number of aromatic amines is 1. The highest BCUT2D eigenvalue weighted by molar-refractivity contribution is 9.10. The molecule has 1 aromatic carbocycles. The van der Waals surface area contributed by atoms with Crippen LogP contribution in [0.4, 0.5) is 10.1 Å². The lowest BCUT2D eigenvalue weighted by Gasteiger charge is -2.06. The molecule has 0 saturated heterocycles. The van der Waals surface area contributed by atoms with Crippen molar-refractivity contribution in [3.8, 4) is 0 Å². The standard InChI is InChI=1S/C14H10BrFN4O/c1-7-12-5-11(6-17-13(12)20-19-7)18-14(21)8-2-9(15)4-10(16)3-8/h2-6H,1H3,(H,18,21)(H,17,19,20). The lowest BCUT2D eigenvalue weighted by atomic mass is 10.2. The Morgan fingerprint density at radius 2 is 2.14 bits per heavy atom. The largest absolute Gasteiger partial charge is 0.321 e. The van der Waals surface area contributed by atoms with Gasteiger partial charge in [-0.2, -0.15) is 5.10 Å². The molecule has 0 saturated carbocycles. The molecule has 7 heteroatoms. The van der Waals surface area contributed by atoms with Crippen LogP contribution in [-0.4, -0.2) is 21.1 Å². The number of pyridine rings is 1. The molecule has 0 bridgehead atoms. The Morgan fingerprint density at radius 3 is 2.90 bits per heavy atom. The van der Waals surface area contributed by atoms with Crippen LogP contribution >= 0.6 is 15.9 Å². The number of nitrogens with one attached hydrogen (secondary N) is 2. The van der Waals surface area contributed by atoms with E-state index >= 15 is 0 Å². The second-order valence-corrected chi connectivity index (χ2v) is 5.47. The predicted octanol–water partition coefficient (Wildman–Crippen LogP) is 3.42. The van der Waals surface area contributed by atoms with E-state index in [1.54, 1.807) is 12.1 Å². The first-order valence-corrected chi connectivity index (χ1v) is 6.90. The summed E-state index contributed by atoms with van der Waals surface area (Å²) >= 11 is 3.16. The highest BCUT2D eigenvalue weighted by Crippen LogP contribution is 2.19. The number of carbonyl (C=O) groups is 1. The number of rotatable bonds is 2. The average molecular weight is 349 g/mol. The van der Waals surface area contributed by atoms with Crippen LogP contribution in [0, 0.1) is 12.7 Å². The topological polar surface area (TPSA) is 70.7 Å². The van der Waals surface area contributed by atoms with Crippen molar-refractivity contribution in [1.29, 1.82) is 0 Å². The van der Waals surface area contributed by atoms with Crippen LogP contribution in [-0.2, 0) is 0 Å². The van der Waals surface area contributed by atoms with Crippen LogP contribution in [0.1, 0.15) is 16.1 Å². The van der Waals surface area contributed by atoms with Crippen LogP contribution in [0.2, 0.25) is 0 Å². The van der Waals surface area contributed by atoms with Crippen molar-refractivity contribution in [3.63, 3.8) is 0 Å². The van der Waals surface area contributed by atoms with Crippen LogP contribution in [0.3, 0.4) is 0 Å². The number of benzene rings is 1. The minimum absolute atomic E-state index is 0.228. The third-order valence-corrected chi connectivity index (χ3v) is 3.44. The Hall–Kier alpha value is -2.28. The van der Waals surface area contributed by atoms with Gasteiger partial charge < -0.3 is 5.32 Å². The summed E-state index contributed by atoms with van der Waals surface area (Å²) in [5.74, 6) is -0.883. The molecule has 2 heterocycles. The number of fused-ring (bicyclic) bond motifs is 1. The second kappa shape index (κ2) is 5.25. The summed E-state index contributed by atoms with van der Waals surface area (Å²) in [5.41, 5.74) is 2.20. The lowest BCUT2D eigenvalue weighted by Crippen LogP contribution is -2.12. The quantitative estimate of drug-likeness (QED) is 0.745. The Kier molecular flexibility index (Phi) is 3.42. The minimum Gasteiger partial charge on any atom is -0.321 e. The molecule has 0 aliphatic rings. The molecule has 0 radical (unpaired) electrons. The fraction of sp³-hybridized carbons (Fsp3) is 0.0714. The lowest BCUT2D eigenvalue weighted by molar-refractivity contribution is 0.102. The summed E-state index contributed by atoms with van der Waals surface area (Å²) in [6.07, 6.45) is 1.51. The SMILES string of the molecule is Cc1[nH]nc2ncc(NC(=O)c3cc(F)cc(Br)c3)cc12. The zero-order valence-corrected chi connectivity index (χ0v) is 12.5. The van der Waals surface area contributed by atoms with E-state index < -0.39 is 11.7 Å². The average Bonchev–Trinajstić information content (AvgIpc) is 2.79. The number of aryl methyl sites for hydroxylation is 1. The van der Waals surface area contributed by atoms with Gasteiger partial charge in [-0.25, -0.2) is 9.37 Å². The molecule has 2 aromatic heterocycles. The Morgan fingerprint density at radius 1 is 1.33 bits per heavy atom. The molecular weight excluding hydrogens is 339 g/mol. The third kappa shape index (κ3) is 2.78. The van der Waals surface area contributed by atoms with Crippen LogP contribution in [0.25, 0.3) is 11.0 Å². The Labute approximate surface area is 127 Å². The molecule has 0 fully saturated rings. The molecule has 3 rings (SSSR count). The van der Waals surface area contributed by atoms with Gasteiger partial charge in [0, 0.05) is 21.1 Å². The van der Waals surface area contributed by atoms with Gasteiger partial charge in [-0.1, -0.05) is 15.9 Å². The number of amides is 1. The van der Waals surface area contributed by atoms with Gasteiger partial charge in [0.15, 0.2) is 5.65 Å². The summed E-state index contributed by atoms with van der Waals surface area (Å²) in [7, 11) is 0. The van der Waals surface area contributed by atoms with Crippen LogP contribution < -0.4 is 5.32 Å². The molecule has 0 aliphatic carbocycles. The number of nitrogens with zero attached hydrogens (tertiary/aromatic N) is 2. The second-order valence-electron chi connectivity index (χ2n) is 4.56. The van der Waals surface area contributed by atoms with Gasteiger partial charge in [0.2, 0.25) is 0 Å². The number of H-pyrrole nitrogens is 1. The van der Waals surface area contributed by atoms with Gasteiger partial charge >= 0.3 is 0 Å². The van der Waals surface area contributed by atoms with Crippen molar-refractivity contribution in [2.45, 2.75) is 6.92 Å². The van der Waals surface area contributed by atoms with Gasteiger partial charge in [0.1, 0.15) is 5.82 Å². The first kappa shape index (κ1) is 13.7. The van der Waals surface area contributed by atoms with E-state index in [4.69, 9.17) is 0 Å². The van der Waals surface area contributed by atoms with E-state index in [-0.39, 0.29) is 5.56 Å². The molecule has 0 spiro atoms. The normalized spacial score (nSPS) is 10.8. The van der Waals surface area contributed by atoms with Gasteiger partial charge in [0.05, 0.1) is 11.9 Å². The highest BCUT2D eigenvalue weighted by Gasteiger charge is 2.10. The maximum absolute atomic E-state index is 13.3. The van der Waals surface area contributed by atoms with Crippen LogP contribution in [0.5, 0.6) is 0 Å². The molecule has 1 amide bonds. The van der Waals surface area contributed by atoms with E-state index in [1.807, 2.05) is 6.92 Å². The molecular formula is C14H10BrFN4O. The van der Waals surface area contributed by atoms with E-state index in [2.05, 4.69) is 36.4 Å². The number of hydrogen-bond acceptors (Lipinski definition) is 3. The molecule has 0 atom stereocenters. The Balaban J connectivity index is 1.90. The van der Waals surface area contributed by atoms with Crippen molar-refractivity contribution in [2.24, 2.45) is 0 Å². The maximum atomic E-state index is 13.3. The summed E-state index contributed by atoms with van der Waals surface area (Å²) in [6, 6.07) is 5.79. The van der Waals surface area contributed by atoms with E-state index in [0.717, 1.165) is 11.1 Å². The molecule has 21 heavy (non-hydrogen) atoms. The molecule has 0 unspecified atom stereocenters. The fourth-order valence-electron chi connectivity index (χ4n) is 1.98. The van der Waals surface area contributed by atoms with Crippen molar-refractivity contribution in [3.05, 3.63) is 52.0 Å². The molecule has 5 nitrogen and oxygen atoms in total. The fourth-order valence-corrected chi connectivity index (χ4v) is 2.44. The van der Waals surface area contributed by atoms with Crippen LogP contribution in [0.15, 0.2) is 34.9 Å². The number of halogens is 2. The highest BCUT2D eigenvalue weighted by atomic mass is 79.9. The van der Waals surface area contributed by atoms with E-state index in [1.165, 1.54) is 18.3 Å². The summed E-state index contributed by atoms with van der Waals surface area (Å²) < 4.78 is 13.8. The predicted molar refractivity (Wildman–Crippen MR) is 80.7 cm³/mol. The monoisotopic (exact) mass is 348 g/mol. The molecule has 106 valence electrons. The summed E-state index contributed by atoms with van der Waals surface area (Å²) in [5, 5.41) is 10.4. The smallest absolute Gasteiger partial charge is 0.255 e. The first-order chi connectivity index (χ1) is 10.0. The van der Waals surface area contributed by atoms with Crippen molar-refractivity contribution in [1.82, 2.24) is 15.2 Å². The van der Waals surface area contributed by atoms with Crippen molar-refractivity contribution >= 4 is 38.6 Å². The number of aromatic nitrogens is 3. The minimum atomic E-state index is -0.478. The summed E-state index contributed by atoms with van der Waals surface area (Å²) in [4.78, 5) is 16.3. The maximum Gasteiger partial charge on any atom is 0.255 e. The number of carbonyl (C=O) groups excluding carboxylic acids is 1. The molecule has 2 N–H and O–H groups in total. The van der Waals surface area contributed by atoms with Crippen molar-refractivity contribution in [2.75, 3.05) is 5.32 Å². The van der Waals surface area contributed by atoms with Gasteiger partial charge in [-0.3, -0.25) is 9.89 Å². The Bertz CT molecular complexity index is 826. The number of anilines is 1. The van der Waals surface area contributed by atoms with E-state index in [9.17, 15) is 9.18 Å². The van der Waals surface area contributed by atoms with Gasteiger partial charge in [-0.15, -0.1) is 0 Å². The number of hydrogen-bond donors (Lipinski definition) is 2. The van der Waals surface area contributed by atoms with Crippen molar-refractivity contribution < 1.29 is 9.18 Å². The van der Waals surface area contributed by atoms with Gasteiger partial charge in [-0.05, 0) is 31.2 Å². The molecule has 0 aliphatic heterocycles.